The third-order valence-electron chi connectivity index (χ3n) is 3.31. The predicted molar refractivity (Wildman–Crippen MR) is 73.5 cm³/mol. The number of nitrogens with zero attached hydrogens (tertiary/aromatic N) is 2. The Morgan fingerprint density at radius 1 is 1.47 bits per heavy atom. The maximum Gasteiger partial charge on any atom is 0.111 e. The van der Waals surface area contributed by atoms with Gasteiger partial charge in [-0.1, -0.05) is 12.1 Å². The molecule has 4 heteroatoms. The van der Waals surface area contributed by atoms with Crippen molar-refractivity contribution in [3.05, 3.63) is 30.1 Å². The van der Waals surface area contributed by atoms with Gasteiger partial charge in [-0.05, 0) is 12.1 Å². The normalized spacial score (nSPS) is 20.9. The first-order valence-corrected chi connectivity index (χ1v) is 7.21. The first kappa shape index (κ1) is 11.1. The number of hydrogen-bond acceptors (Lipinski definition) is 3. The van der Waals surface area contributed by atoms with Crippen LogP contribution in [0.4, 0.5) is 0 Å². The zero-order valence-corrected chi connectivity index (χ0v) is 10.8. The number of benzene rings is 1. The number of fused-ring (bicyclic) bond motifs is 1. The van der Waals surface area contributed by atoms with E-state index in [1.807, 2.05) is 17.8 Å². The van der Waals surface area contributed by atoms with Gasteiger partial charge in [0.15, 0.2) is 0 Å². The predicted octanol–water partition coefficient (Wildman–Crippen LogP) is 1.82. The van der Waals surface area contributed by atoms with Gasteiger partial charge in [0.1, 0.15) is 5.82 Å². The molecule has 1 aliphatic heterocycles. The van der Waals surface area contributed by atoms with Crippen molar-refractivity contribution in [2.24, 2.45) is 7.05 Å². The molecule has 0 spiro atoms. The maximum absolute atomic E-state index is 4.72. The van der Waals surface area contributed by atoms with E-state index in [0.717, 1.165) is 18.5 Å². The molecule has 1 atom stereocenters. The van der Waals surface area contributed by atoms with Crippen molar-refractivity contribution >= 4 is 22.8 Å². The van der Waals surface area contributed by atoms with Gasteiger partial charge in [0.05, 0.1) is 11.0 Å². The average Bonchev–Trinajstić information content (AvgIpc) is 2.68. The topological polar surface area (TPSA) is 29.9 Å². The zero-order chi connectivity index (χ0) is 11.7. The molecular formula is C13H17N3S. The lowest BCUT2D eigenvalue weighted by Gasteiger charge is -2.22. The van der Waals surface area contributed by atoms with E-state index in [1.54, 1.807) is 0 Å². The van der Waals surface area contributed by atoms with Gasteiger partial charge in [-0.15, -0.1) is 0 Å². The summed E-state index contributed by atoms with van der Waals surface area (Å²) in [5, 5.41) is 3.56. The molecular weight excluding hydrogens is 230 g/mol. The van der Waals surface area contributed by atoms with Crippen molar-refractivity contribution in [2.75, 3.05) is 18.1 Å². The number of aromatic nitrogens is 2. The van der Waals surface area contributed by atoms with Crippen LogP contribution in [0.25, 0.3) is 11.0 Å². The van der Waals surface area contributed by atoms with E-state index in [2.05, 4.69) is 35.1 Å². The summed E-state index contributed by atoms with van der Waals surface area (Å²) in [5.74, 6) is 3.62. The Morgan fingerprint density at radius 2 is 2.35 bits per heavy atom. The van der Waals surface area contributed by atoms with Crippen LogP contribution in [0.15, 0.2) is 24.3 Å². The quantitative estimate of drug-likeness (QED) is 0.878. The molecule has 2 aromatic rings. The van der Waals surface area contributed by atoms with Crippen molar-refractivity contribution < 1.29 is 0 Å². The van der Waals surface area contributed by atoms with Crippen LogP contribution >= 0.6 is 11.8 Å². The second-order valence-electron chi connectivity index (χ2n) is 4.51. The van der Waals surface area contributed by atoms with E-state index in [0.29, 0.717) is 6.04 Å². The Kier molecular flexibility index (Phi) is 3.07. The molecule has 17 heavy (non-hydrogen) atoms. The smallest absolute Gasteiger partial charge is 0.111 e. The Bertz CT molecular complexity index is 514. The summed E-state index contributed by atoms with van der Waals surface area (Å²) in [7, 11) is 2.11. The number of rotatable bonds is 2. The van der Waals surface area contributed by atoms with Crippen LogP contribution in [0, 0.1) is 0 Å². The summed E-state index contributed by atoms with van der Waals surface area (Å²) in [4.78, 5) is 4.72. The SMILES string of the molecule is Cn1c(CC2CSCCN2)nc2ccccc21. The van der Waals surface area contributed by atoms with E-state index in [4.69, 9.17) is 4.98 Å². The van der Waals surface area contributed by atoms with Gasteiger partial charge < -0.3 is 9.88 Å². The lowest BCUT2D eigenvalue weighted by Crippen LogP contribution is -2.39. The first-order valence-electron chi connectivity index (χ1n) is 6.06. The van der Waals surface area contributed by atoms with Crippen LogP contribution < -0.4 is 5.32 Å². The minimum atomic E-state index is 0.573. The van der Waals surface area contributed by atoms with Crippen molar-refractivity contribution in [3.8, 4) is 0 Å². The molecule has 2 heterocycles. The van der Waals surface area contributed by atoms with Gasteiger partial charge in [-0.3, -0.25) is 0 Å². The Balaban J connectivity index is 1.87. The van der Waals surface area contributed by atoms with Gasteiger partial charge in [0.2, 0.25) is 0 Å². The van der Waals surface area contributed by atoms with Crippen LogP contribution in [0.5, 0.6) is 0 Å². The molecule has 1 aromatic heterocycles. The summed E-state index contributed by atoms with van der Waals surface area (Å²) in [6.07, 6.45) is 1.03. The van der Waals surface area contributed by atoms with Crippen LogP contribution in [-0.4, -0.2) is 33.6 Å². The number of para-hydroxylation sites is 2. The number of imidazole rings is 1. The first-order chi connectivity index (χ1) is 8.34. The van der Waals surface area contributed by atoms with E-state index in [-0.39, 0.29) is 0 Å². The van der Waals surface area contributed by atoms with Gasteiger partial charge in [0.25, 0.3) is 0 Å². The molecule has 90 valence electrons. The van der Waals surface area contributed by atoms with Crippen LogP contribution in [0.2, 0.25) is 0 Å². The summed E-state index contributed by atoms with van der Waals surface area (Å²) < 4.78 is 2.22. The average molecular weight is 247 g/mol. The molecule has 3 rings (SSSR count). The highest BCUT2D eigenvalue weighted by molar-refractivity contribution is 7.99. The largest absolute Gasteiger partial charge is 0.331 e. The van der Waals surface area contributed by atoms with E-state index in [1.165, 1.54) is 22.8 Å². The molecule has 1 aromatic carbocycles. The summed E-state index contributed by atoms with van der Waals surface area (Å²) in [6, 6.07) is 8.91. The zero-order valence-electron chi connectivity index (χ0n) is 10.0. The lowest BCUT2D eigenvalue weighted by atomic mass is 10.2. The number of thioether (sulfide) groups is 1. The summed E-state index contributed by atoms with van der Waals surface area (Å²) in [5.41, 5.74) is 2.33. The number of hydrogen-bond donors (Lipinski definition) is 1. The van der Waals surface area contributed by atoms with Gasteiger partial charge in [-0.2, -0.15) is 11.8 Å². The molecule has 3 nitrogen and oxygen atoms in total. The summed E-state index contributed by atoms with van der Waals surface area (Å²) in [6.45, 7) is 1.12. The third-order valence-corrected chi connectivity index (χ3v) is 4.44. The fourth-order valence-corrected chi connectivity index (χ4v) is 3.30. The van der Waals surface area contributed by atoms with E-state index in [9.17, 15) is 0 Å². The van der Waals surface area contributed by atoms with Crippen molar-refractivity contribution in [3.63, 3.8) is 0 Å². The van der Waals surface area contributed by atoms with E-state index < -0.39 is 0 Å². The minimum absolute atomic E-state index is 0.573. The Morgan fingerprint density at radius 3 is 3.12 bits per heavy atom. The minimum Gasteiger partial charge on any atom is -0.331 e. The molecule has 0 amide bonds. The third kappa shape index (κ3) is 2.19. The highest BCUT2D eigenvalue weighted by Gasteiger charge is 2.16. The molecule has 1 saturated heterocycles. The van der Waals surface area contributed by atoms with Crippen molar-refractivity contribution in [2.45, 2.75) is 12.5 Å². The fourth-order valence-electron chi connectivity index (χ4n) is 2.35. The molecule has 0 saturated carbocycles. The van der Waals surface area contributed by atoms with E-state index >= 15 is 0 Å². The standard InChI is InChI=1S/C13H17N3S/c1-16-12-5-3-2-4-11(12)15-13(16)8-10-9-17-7-6-14-10/h2-5,10,14H,6-9H2,1H3. The molecule has 1 N–H and O–H groups in total. The molecule has 0 bridgehead atoms. The van der Waals surface area contributed by atoms with Crippen molar-refractivity contribution in [1.82, 2.24) is 14.9 Å². The highest BCUT2D eigenvalue weighted by Crippen LogP contribution is 2.17. The monoisotopic (exact) mass is 247 g/mol. The van der Waals surface area contributed by atoms with Crippen LogP contribution in [0.1, 0.15) is 5.82 Å². The molecule has 1 unspecified atom stereocenters. The molecule has 1 fully saturated rings. The molecule has 1 aliphatic rings. The second-order valence-corrected chi connectivity index (χ2v) is 5.66. The summed E-state index contributed by atoms with van der Waals surface area (Å²) >= 11 is 2.04. The fraction of sp³-hybridized carbons (Fsp3) is 0.462. The van der Waals surface area contributed by atoms with Crippen LogP contribution in [0.3, 0.4) is 0 Å². The number of aryl methyl sites for hydroxylation is 1. The Labute approximate surface area is 106 Å². The van der Waals surface area contributed by atoms with Crippen LogP contribution in [-0.2, 0) is 13.5 Å². The lowest BCUT2D eigenvalue weighted by molar-refractivity contribution is 0.543. The van der Waals surface area contributed by atoms with Crippen molar-refractivity contribution in [1.29, 1.82) is 0 Å². The maximum atomic E-state index is 4.72. The van der Waals surface area contributed by atoms with Gasteiger partial charge in [0, 0.05) is 37.6 Å². The molecule has 0 radical (unpaired) electrons. The molecule has 0 aliphatic carbocycles. The highest BCUT2D eigenvalue weighted by atomic mass is 32.2. The van der Waals surface area contributed by atoms with Gasteiger partial charge >= 0.3 is 0 Å². The Hall–Kier alpha value is -1.00. The number of nitrogens with one attached hydrogen (secondary N) is 1. The second kappa shape index (κ2) is 4.70. The van der Waals surface area contributed by atoms with Gasteiger partial charge in [-0.25, -0.2) is 4.98 Å².